The fraction of sp³-hybridized carbons (Fsp3) is 0.435. The molecule has 1 N–H and O–H groups in total. The third-order valence-electron chi connectivity index (χ3n) is 11.0. The molecule has 59 heavy (non-hydrogen) atoms. The van der Waals surface area contributed by atoms with E-state index < -0.39 is 78.1 Å². The highest BCUT2D eigenvalue weighted by molar-refractivity contribution is 7.99. The van der Waals surface area contributed by atoms with Crippen LogP contribution in [0.15, 0.2) is 115 Å². The molecule has 4 aromatic rings. The summed E-state index contributed by atoms with van der Waals surface area (Å²) in [6.07, 6.45) is -7.71. The molecule has 2 amide bonds. The van der Waals surface area contributed by atoms with Gasteiger partial charge in [-0.2, -0.15) is 0 Å². The summed E-state index contributed by atoms with van der Waals surface area (Å²) in [6.45, 7) is 6.45. The van der Waals surface area contributed by atoms with Gasteiger partial charge in [0, 0.05) is 0 Å². The van der Waals surface area contributed by atoms with Crippen LogP contribution >= 0.6 is 11.8 Å². The number of thioether (sulfide) groups is 1. The molecule has 4 aromatic carbocycles. The Balaban J connectivity index is 1.16. The van der Waals surface area contributed by atoms with Crippen molar-refractivity contribution in [3.63, 3.8) is 0 Å². The van der Waals surface area contributed by atoms with Crippen LogP contribution in [0.25, 0.3) is 0 Å². The zero-order valence-corrected chi connectivity index (χ0v) is 34.2. The highest BCUT2D eigenvalue weighted by Gasteiger charge is 2.58. The molecule has 312 valence electrons. The standard InChI is InChI=1S/C46H51NO11S/c1-4-59-45-36(47-42(49)32-22-14-15-23-33(32)43(47)50)40(52-25-30-18-10-6-11-19-30)38(34(56-45)27-51-24-29-16-8-5-9-17-29)57-44-37(48)41(53-26-31-20-12-7-13-21-31)39-35(55-44)28-54-46(2,3)58-39/h5-23,34-41,44-45,48H,4,24-28H2,1-3H3/t34-,35-,36+,37+,38-,39-,40-,41-,44+,45+/m1/s1. The Morgan fingerprint density at radius 1 is 0.729 bits per heavy atom. The molecule has 3 fully saturated rings. The minimum atomic E-state index is -1.35. The number of carbonyl (C=O) groups excluding carboxylic acids is 2. The maximum absolute atomic E-state index is 14.3. The number of carbonyl (C=O) groups is 2. The van der Waals surface area contributed by atoms with Crippen molar-refractivity contribution in [3.8, 4) is 0 Å². The summed E-state index contributed by atoms with van der Waals surface area (Å²) in [5.74, 6) is -1.23. The minimum Gasteiger partial charge on any atom is -0.385 e. The van der Waals surface area contributed by atoms with Gasteiger partial charge in [0.2, 0.25) is 0 Å². The van der Waals surface area contributed by atoms with E-state index in [1.807, 2.05) is 112 Å². The van der Waals surface area contributed by atoms with Gasteiger partial charge < -0.3 is 43.0 Å². The summed E-state index contributed by atoms with van der Waals surface area (Å²) in [5.41, 5.74) is 2.65. The van der Waals surface area contributed by atoms with Crippen LogP contribution < -0.4 is 0 Å². The van der Waals surface area contributed by atoms with E-state index in [9.17, 15) is 14.7 Å². The quantitative estimate of drug-likeness (QED) is 0.138. The van der Waals surface area contributed by atoms with Crippen molar-refractivity contribution in [1.82, 2.24) is 4.90 Å². The van der Waals surface area contributed by atoms with Crippen LogP contribution in [0, 0.1) is 0 Å². The third kappa shape index (κ3) is 9.35. The van der Waals surface area contributed by atoms with Crippen molar-refractivity contribution >= 4 is 23.6 Å². The number of imide groups is 1. The zero-order chi connectivity index (χ0) is 40.9. The predicted molar refractivity (Wildman–Crippen MR) is 218 cm³/mol. The lowest BCUT2D eigenvalue weighted by Gasteiger charge is -2.52. The van der Waals surface area contributed by atoms with Crippen molar-refractivity contribution in [2.75, 3.05) is 19.0 Å². The molecule has 0 aliphatic carbocycles. The first-order valence-electron chi connectivity index (χ1n) is 20.2. The molecule has 0 spiro atoms. The van der Waals surface area contributed by atoms with E-state index in [4.69, 9.17) is 37.9 Å². The Hall–Kier alpha value is -3.99. The normalized spacial score (nSPS) is 30.2. The summed E-state index contributed by atoms with van der Waals surface area (Å²) >= 11 is 1.46. The van der Waals surface area contributed by atoms with Crippen molar-refractivity contribution in [3.05, 3.63) is 143 Å². The van der Waals surface area contributed by atoms with E-state index in [1.165, 1.54) is 16.7 Å². The molecule has 3 saturated heterocycles. The number of rotatable bonds is 15. The van der Waals surface area contributed by atoms with E-state index in [0.717, 1.165) is 16.7 Å². The smallest absolute Gasteiger partial charge is 0.262 e. The second kappa shape index (κ2) is 18.7. The molecule has 12 nitrogen and oxygen atoms in total. The zero-order valence-electron chi connectivity index (χ0n) is 33.4. The van der Waals surface area contributed by atoms with Gasteiger partial charge in [0.05, 0.1) is 44.2 Å². The highest BCUT2D eigenvalue weighted by atomic mass is 32.2. The fourth-order valence-electron chi connectivity index (χ4n) is 8.11. The first-order chi connectivity index (χ1) is 28.7. The van der Waals surface area contributed by atoms with Crippen molar-refractivity contribution < 1.29 is 52.6 Å². The molecule has 0 aromatic heterocycles. The van der Waals surface area contributed by atoms with E-state index in [0.29, 0.717) is 23.5 Å². The Morgan fingerprint density at radius 2 is 1.27 bits per heavy atom. The summed E-state index contributed by atoms with van der Waals surface area (Å²) in [5, 5.41) is 12.2. The summed E-state index contributed by atoms with van der Waals surface area (Å²) < 4.78 is 52.4. The van der Waals surface area contributed by atoms with Gasteiger partial charge in [-0.25, -0.2) is 0 Å². The number of nitrogens with zero attached hydrogens (tertiary/aromatic N) is 1. The number of fused-ring (bicyclic) bond motifs is 2. The molecule has 0 bridgehead atoms. The molecular weight excluding hydrogens is 775 g/mol. The van der Waals surface area contributed by atoms with Gasteiger partial charge in [-0.15, -0.1) is 11.8 Å². The third-order valence-corrected chi connectivity index (χ3v) is 12.0. The first kappa shape index (κ1) is 41.7. The number of ether oxygens (including phenoxy) is 8. The summed E-state index contributed by atoms with van der Waals surface area (Å²) in [4.78, 5) is 29.8. The lowest BCUT2D eigenvalue weighted by Crippen LogP contribution is -2.69. The Bertz CT molecular complexity index is 1970. The van der Waals surface area contributed by atoms with Gasteiger partial charge in [-0.3, -0.25) is 14.5 Å². The van der Waals surface area contributed by atoms with Gasteiger partial charge >= 0.3 is 0 Å². The molecule has 8 rings (SSSR count). The monoisotopic (exact) mass is 825 g/mol. The topological polar surface area (TPSA) is 131 Å². The molecule has 4 aliphatic rings. The van der Waals surface area contributed by atoms with Gasteiger partial charge in [-0.05, 0) is 48.4 Å². The average molecular weight is 826 g/mol. The fourth-order valence-corrected chi connectivity index (χ4v) is 9.13. The van der Waals surface area contributed by atoms with Gasteiger partial charge in [0.1, 0.15) is 54.2 Å². The molecule has 4 heterocycles. The lowest BCUT2D eigenvalue weighted by atomic mass is 9.94. The number of amides is 2. The van der Waals surface area contributed by atoms with Crippen molar-refractivity contribution in [2.24, 2.45) is 0 Å². The Morgan fingerprint density at radius 3 is 1.85 bits per heavy atom. The largest absolute Gasteiger partial charge is 0.385 e. The highest BCUT2D eigenvalue weighted by Crippen LogP contribution is 2.41. The van der Waals surface area contributed by atoms with Gasteiger partial charge in [0.15, 0.2) is 12.1 Å². The van der Waals surface area contributed by atoms with Gasteiger partial charge in [0.25, 0.3) is 11.8 Å². The van der Waals surface area contributed by atoms with Crippen LogP contribution in [0.3, 0.4) is 0 Å². The molecular formula is C46H51NO11S. The number of benzene rings is 4. The van der Waals surface area contributed by atoms with Crippen molar-refractivity contribution in [1.29, 1.82) is 0 Å². The number of hydrogen-bond donors (Lipinski definition) is 1. The van der Waals surface area contributed by atoms with Gasteiger partial charge in [-0.1, -0.05) is 110 Å². The average Bonchev–Trinajstić information content (AvgIpc) is 3.50. The van der Waals surface area contributed by atoms with Crippen molar-refractivity contribution in [2.45, 2.75) is 107 Å². The van der Waals surface area contributed by atoms with Crippen LogP contribution in [0.1, 0.15) is 58.2 Å². The maximum atomic E-state index is 14.3. The van der Waals surface area contributed by atoms with E-state index in [2.05, 4.69) is 0 Å². The minimum absolute atomic E-state index is 0.0591. The Kier molecular flexibility index (Phi) is 13.3. The van der Waals surface area contributed by atoms with Crippen LogP contribution in [0.4, 0.5) is 0 Å². The van der Waals surface area contributed by atoms with Crippen LogP contribution in [0.5, 0.6) is 0 Å². The Labute approximate surface area is 349 Å². The van der Waals surface area contributed by atoms with E-state index >= 15 is 0 Å². The predicted octanol–water partition coefficient (Wildman–Crippen LogP) is 6.14. The van der Waals surface area contributed by atoms with Crippen LogP contribution in [-0.2, 0) is 57.7 Å². The summed E-state index contributed by atoms with van der Waals surface area (Å²) in [6, 6.07) is 34.9. The van der Waals surface area contributed by atoms with Crippen LogP contribution in [0.2, 0.25) is 0 Å². The second-order valence-electron chi connectivity index (χ2n) is 15.5. The SMILES string of the molecule is CCS[C@@H]1O[C@H](COCc2ccccc2)[C@@H](O[C@@H]2O[C@@H]3COC(C)(C)O[C@H]3[C@H](OCc3ccccc3)[C@@H]2O)[C@H](OCc2ccccc2)[C@@H]1N1C(=O)c2ccccc2C1=O. The first-order valence-corrected chi connectivity index (χ1v) is 21.2. The number of hydrogen-bond acceptors (Lipinski definition) is 12. The molecule has 13 heteroatoms. The maximum Gasteiger partial charge on any atom is 0.262 e. The van der Waals surface area contributed by atoms with Crippen LogP contribution in [-0.4, -0.2) is 107 Å². The molecule has 10 atom stereocenters. The molecule has 0 saturated carbocycles. The molecule has 4 aliphatic heterocycles. The molecule has 0 radical (unpaired) electrons. The number of aliphatic hydroxyl groups excluding tert-OH is 1. The lowest BCUT2D eigenvalue weighted by molar-refractivity contribution is -0.397. The second-order valence-corrected chi connectivity index (χ2v) is 16.8. The van der Waals surface area contributed by atoms with E-state index in [-0.39, 0.29) is 26.4 Å². The number of aliphatic hydroxyl groups is 1. The molecule has 0 unspecified atom stereocenters. The summed E-state index contributed by atoms with van der Waals surface area (Å²) in [7, 11) is 0. The van der Waals surface area contributed by atoms with E-state index in [1.54, 1.807) is 24.3 Å².